The molecule has 2 unspecified atom stereocenters. The summed E-state index contributed by atoms with van der Waals surface area (Å²) >= 11 is 0. The molecule has 1 heterocycles. The molecule has 3 nitrogen and oxygen atoms in total. The summed E-state index contributed by atoms with van der Waals surface area (Å²) in [6, 6.07) is 0.257. The summed E-state index contributed by atoms with van der Waals surface area (Å²) in [7, 11) is 1.74. The van der Waals surface area contributed by atoms with Crippen LogP contribution in [0.15, 0.2) is 0 Å². The molecule has 82 valence electrons. The zero-order valence-electron chi connectivity index (χ0n) is 8.96. The molecule has 0 aromatic heterocycles. The normalized spacial score (nSPS) is 33.4. The van der Waals surface area contributed by atoms with Crippen LogP contribution >= 0.6 is 0 Å². The number of ether oxygens (including phenoxy) is 1. The first-order valence-corrected chi connectivity index (χ1v) is 5.75. The summed E-state index contributed by atoms with van der Waals surface area (Å²) in [6.07, 6.45) is 6.37. The van der Waals surface area contributed by atoms with E-state index >= 15 is 0 Å². The van der Waals surface area contributed by atoms with E-state index in [1.165, 1.54) is 19.3 Å². The van der Waals surface area contributed by atoms with Gasteiger partial charge in [-0.05, 0) is 32.2 Å². The molecule has 0 bridgehead atoms. The highest BCUT2D eigenvalue weighted by Crippen LogP contribution is 2.37. The molecule has 0 aromatic rings. The number of nitrogens with one attached hydrogen (secondary N) is 1. The first kappa shape index (κ1) is 10.4. The molecule has 3 heteroatoms. The quantitative estimate of drug-likeness (QED) is 0.714. The van der Waals surface area contributed by atoms with Crippen LogP contribution in [0.1, 0.15) is 38.5 Å². The van der Waals surface area contributed by atoms with Crippen molar-refractivity contribution in [2.75, 3.05) is 13.7 Å². The minimum Gasteiger partial charge on any atom is -0.388 e. The summed E-state index contributed by atoms with van der Waals surface area (Å²) in [6.45, 7) is 1.04. The van der Waals surface area contributed by atoms with Crippen LogP contribution < -0.4 is 5.32 Å². The van der Waals surface area contributed by atoms with E-state index in [2.05, 4.69) is 5.32 Å². The highest BCUT2D eigenvalue weighted by molar-refractivity contribution is 4.99. The average Bonchev–Trinajstić information content (AvgIpc) is 2.89. The van der Waals surface area contributed by atoms with Gasteiger partial charge in [-0.15, -0.1) is 0 Å². The van der Waals surface area contributed by atoms with E-state index in [0.717, 1.165) is 25.8 Å². The minimum atomic E-state index is -0.322. The number of hydrogen-bond acceptors (Lipinski definition) is 3. The minimum absolute atomic E-state index is 0.248. The van der Waals surface area contributed by atoms with Gasteiger partial charge < -0.3 is 15.2 Å². The van der Waals surface area contributed by atoms with Crippen LogP contribution in [0.2, 0.25) is 0 Å². The van der Waals surface area contributed by atoms with Crippen LogP contribution in [0.25, 0.3) is 0 Å². The van der Waals surface area contributed by atoms with Crippen LogP contribution in [0.5, 0.6) is 0 Å². The molecule has 0 amide bonds. The highest BCUT2D eigenvalue weighted by Gasteiger charge is 2.44. The predicted octanol–water partition coefficient (Wildman–Crippen LogP) is 1.06. The van der Waals surface area contributed by atoms with Crippen molar-refractivity contribution in [1.29, 1.82) is 0 Å². The lowest BCUT2D eigenvalue weighted by Crippen LogP contribution is -2.51. The van der Waals surface area contributed by atoms with Gasteiger partial charge in [-0.1, -0.05) is 12.8 Å². The molecule has 0 spiro atoms. The van der Waals surface area contributed by atoms with Crippen LogP contribution in [0.4, 0.5) is 0 Å². The monoisotopic (exact) mass is 199 g/mol. The van der Waals surface area contributed by atoms with Crippen molar-refractivity contribution in [1.82, 2.24) is 5.32 Å². The fourth-order valence-corrected chi connectivity index (χ4v) is 2.94. The van der Waals surface area contributed by atoms with Gasteiger partial charge in [0.2, 0.25) is 0 Å². The number of aliphatic hydroxyl groups excluding tert-OH is 1. The van der Waals surface area contributed by atoms with Crippen molar-refractivity contribution >= 4 is 0 Å². The van der Waals surface area contributed by atoms with Crippen LogP contribution in [0.3, 0.4) is 0 Å². The number of hydrogen-bond donors (Lipinski definition) is 2. The molecular formula is C11H21NO2. The maximum absolute atomic E-state index is 10.3. The topological polar surface area (TPSA) is 41.5 Å². The van der Waals surface area contributed by atoms with Gasteiger partial charge in [-0.3, -0.25) is 0 Å². The van der Waals surface area contributed by atoms with Gasteiger partial charge in [-0.25, -0.2) is 0 Å². The van der Waals surface area contributed by atoms with E-state index in [1.807, 2.05) is 0 Å². The fraction of sp³-hybridized carbons (Fsp3) is 1.00. The largest absolute Gasteiger partial charge is 0.388 e. The molecule has 2 rings (SSSR count). The van der Waals surface area contributed by atoms with E-state index in [4.69, 9.17) is 4.74 Å². The molecule has 2 fully saturated rings. The molecule has 1 aliphatic carbocycles. The lowest BCUT2D eigenvalue weighted by molar-refractivity contribution is -0.109. The van der Waals surface area contributed by atoms with E-state index in [0.29, 0.717) is 0 Å². The zero-order valence-corrected chi connectivity index (χ0v) is 8.96. The van der Waals surface area contributed by atoms with Gasteiger partial charge in [-0.2, -0.15) is 0 Å². The molecular weight excluding hydrogens is 178 g/mol. The van der Waals surface area contributed by atoms with Gasteiger partial charge in [0.1, 0.15) is 0 Å². The second kappa shape index (κ2) is 4.17. The van der Waals surface area contributed by atoms with Gasteiger partial charge in [0.25, 0.3) is 0 Å². The molecule has 0 radical (unpaired) electrons. The van der Waals surface area contributed by atoms with Gasteiger partial charge in [0.15, 0.2) is 0 Å². The van der Waals surface area contributed by atoms with Crippen LogP contribution in [-0.2, 0) is 4.74 Å². The Morgan fingerprint density at radius 3 is 2.57 bits per heavy atom. The van der Waals surface area contributed by atoms with Crippen molar-refractivity contribution in [3.8, 4) is 0 Å². The maximum Gasteiger partial charge on any atom is 0.0982 e. The second-order valence-electron chi connectivity index (χ2n) is 4.62. The standard InChI is InChI=1S/C11H21NO2/c1-14-11(6-2-3-7-11)10(13)9-5-4-8-12-9/h9-10,12-13H,2-8H2,1H3. The Balaban J connectivity index is 2.02. The van der Waals surface area contributed by atoms with Gasteiger partial charge in [0, 0.05) is 13.2 Å². The maximum atomic E-state index is 10.3. The van der Waals surface area contributed by atoms with Crippen LogP contribution in [-0.4, -0.2) is 36.5 Å². The molecule has 2 atom stereocenters. The Labute approximate surface area is 85.8 Å². The molecule has 1 saturated carbocycles. The Morgan fingerprint density at radius 2 is 2.07 bits per heavy atom. The van der Waals surface area contributed by atoms with E-state index in [9.17, 15) is 5.11 Å². The predicted molar refractivity (Wildman–Crippen MR) is 55.2 cm³/mol. The lowest BCUT2D eigenvalue weighted by atomic mass is 9.88. The lowest BCUT2D eigenvalue weighted by Gasteiger charge is -2.36. The van der Waals surface area contributed by atoms with Crippen molar-refractivity contribution in [2.45, 2.75) is 56.3 Å². The Kier molecular flexibility index (Phi) is 3.10. The van der Waals surface area contributed by atoms with E-state index < -0.39 is 0 Å². The number of aliphatic hydroxyl groups is 1. The molecule has 1 saturated heterocycles. The fourth-order valence-electron chi connectivity index (χ4n) is 2.94. The summed E-state index contributed by atoms with van der Waals surface area (Å²) < 4.78 is 5.58. The first-order chi connectivity index (χ1) is 6.78. The number of rotatable bonds is 3. The first-order valence-electron chi connectivity index (χ1n) is 5.75. The summed E-state index contributed by atoms with van der Waals surface area (Å²) in [5.74, 6) is 0. The summed E-state index contributed by atoms with van der Waals surface area (Å²) in [5, 5.41) is 13.7. The molecule has 2 aliphatic rings. The smallest absolute Gasteiger partial charge is 0.0982 e. The summed E-state index contributed by atoms with van der Waals surface area (Å²) in [4.78, 5) is 0. The Morgan fingerprint density at radius 1 is 1.36 bits per heavy atom. The SMILES string of the molecule is COC1(C(O)C2CCCN2)CCCC1. The second-order valence-corrected chi connectivity index (χ2v) is 4.62. The average molecular weight is 199 g/mol. The third-order valence-corrected chi connectivity index (χ3v) is 3.88. The molecule has 0 aromatic carbocycles. The summed E-state index contributed by atoms with van der Waals surface area (Å²) in [5.41, 5.74) is -0.248. The third kappa shape index (κ3) is 1.69. The van der Waals surface area contributed by atoms with Crippen molar-refractivity contribution in [3.05, 3.63) is 0 Å². The molecule has 14 heavy (non-hydrogen) atoms. The third-order valence-electron chi connectivity index (χ3n) is 3.88. The molecule has 1 aliphatic heterocycles. The van der Waals surface area contributed by atoms with Gasteiger partial charge >= 0.3 is 0 Å². The Hall–Kier alpha value is -0.120. The zero-order chi connectivity index (χ0) is 10.0. The van der Waals surface area contributed by atoms with E-state index in [1.54, 1.807) is 7.11 Å². The Bertz CT molecular complexity index is 184. The van der Waals surface area contributed by atoms with Crippen molar-refractivity contribution in [2.24, 2.45) is 0 Å². The van der Waals surface area contributed by atoms with Crippen LogP contribution in [0, 0.1) is 0 Å². The van der Waals surface area contributed by atoms with Gasteiger partial charge in [0.05, 0.1) is 11.7 Å². The molecule has 2 N–H and O–H groups in total. The van der Waals surface area contributed by atoms with E-state index in [-0.39, 0.29) is 17.7 Å². The number of methoxy groups -OCH3 is 1. The van der Waals surface area contributed by atoms with Crippen molar-refractivity contribution < 1.29 is 9.84 Å². The highest BCUT2D eigenvalue weighted by atomic mass is 16.5. The van der Waals surface area contributed by atoms with Crippen molar-refractivity contribution in [3.63, 3.8) is 0 Å².